The van der Waals surface area contributed by atoms with Gasteiger partial charge in [-0.25, -0.2) is 4.79 Å². The fourth-order valence-electron chi connectivity index (χ4n) is 2.95. The van der Waals surface area contributed by atoms with Crippen molar-refractivity contribution in [3.8, 4) is 0 Å². The number of aliphatic carboxylic acids is 1. The van der Waals surface area contributed by atoms with E-state index in [0.29, 0.717) is 22.2 Å². The van der Waals surface area contributed by atoms with Crippen LogP contribution < -0.4 is 0 Å². The number of halogens is 2. The molecule has 0 spiro atoms. The van der Waals surface area contributed by atoms with Crippen LogP contribution in [0.1, 0.15) is 22.9 Å². The lowest BCUT2D eigenvalue weighted by atomic mass is 10.1. The van der Waals surface area contributed by atoms with Crippen LogP contribution in [-0.2, 0) is 16.0 Å². The Balaban J connectivity index is 1.81. The molecule has 1 aliphatic heterocycles. The molecule has 0 aliphatic carbocycles. The molecular formula is C19H17Cl2NO3S. The van der Waals surface area contributed by atoms with Crippen LogP contribution in [0.3, 0.4) is 0 Å². The third kappa shape index (κ3) is 4.17. The van der Waals surface area contributed by atoms with Gasteiger partial charge < -0.3 is 10.0 Å². The maximum atomic E-state index is 12.9. The van der Waals surface area contributed by atoms with E-state index in [4.69, 9.17) is 23.2 Å². The molecule has 1 aliphatic rings. The van der Waals surface area contributed by atoms with E-state index in [-0.39, 0.29) is 17.7 Å². The number of hydrogen-bond donors (Lipinski definition) is 1. The molecule has 2 atom stereocenters. The van der Waals surface area contributed by atoms with Gasteiger partial charge in [0.05, 0.1) is 10.0 Å². The van der Waals surface area contributed by atoms with Crippen LogP contribution in [0.5, 0.6) is 0 Å². The first-order valence-corrected chi connectivity index (χ1v) is 9.92. The summed E-state index contributed by atoms with van der Waals surface area (Å²) < 4.78 is 0. The third-order valence-electron chi connectivity index (χ3n) is 4.27. The molecule has 1 amide bonds. The molecule has 0 radical (unpaired) electrons. The van der Waals surface area contributed by atoms with Gasteiger partial charge in [0.1, 0.15) is 11.4 Å². The van der Waals surface area contributed by atoms with Gasteiger partial charge in [-0.1, -0.05) is 59.6 Å². The highest BCUT2D eigenvalue weighted by Gasteiger charge is 2.42. The van der Waals surface area contributed by atoms with E-state index in [1.807, 2.05) is 30.3 Å². The van der Waals surface area contributed by atoms with E-state index in [1.165, 1.54) is 16.7 Å². The Morgan fingerprint density at radius 2 is 1.85 bits per heavy atom. The molecular weight excluding hydrogens is 393 g/mol. The molecule has 1 heterocycles. The van der Waals surface area contributed by atoms with Crippen molar-refractivity contribution >= 4 is 46.8 Å². The summed E-state index contributed by atoms with van der Waals surface area (Å²) in [7, 11) is 0. The second-order valence-corrected chi connectivity index (χ2v) is 7.93. The van der Waals surface area contributed by atoms with Gasteiger partial charge in [0.2, 0.25) is 5.91 Å². The number of carbonyl (C=O) groups excluding carboxylic acids is 1. The molecule has 3 rings (SSSR count). The summed E-state index contributed by atoms with van der Waals surface area (Å²) >= 11 is 13.5. The Hall–Kier alpha value is -1.69. The van der Waals surface area contributed by atoms with Gasteiger partial charge in [-0.05, 0) is 29.7 Å². The Kier molecular flexibility index (Phi) is 6.12. The van der Waals surface area contributed by atoms with E-state index in [9.17, 15) is 14.7 Å². The fourth-order valence-corrected chi connectivity index (χ4v) is 4.69. The normalized spacial score (nSPS) is 19.5. The number of carboxylic acids is 1. The first kappa shape index (κ1) is 19.1. The molecule has 2 aromatic carbocycles. The number of carbonyl (C=O) groups is 2. The van der Waals surface area contributed by atoms with Gasteiger partial charge in [0.25, 0.3) is 0 Å². The SMILES string of the molecule is O=C(O)C1CSC(c2ccc(Cl)c(Cl)c2)N1C(=O)CCc1ccccc1. The Morgan fingerprint density at radius 1 is 1.12 bits per heavy atom. The summed E-state index contributed by atoms with van der Waals surface area (Å²) in [6, 6.07) is 14.0. The minimum atomic E-state index is -0.992. The molecule has 136 valence electrons. The van der Waals surface area contributed by atoms with Gasteiger partial charge >= 0.3 is 5.97 Å². The summed E-state index contributed by atoms with van der Waals surface area (Å²) in [6.07, 6.45) is 0.827. The highest BCUT2D eigenvalue weighted by atomic mass is 35.5. The van der Waals surface area contributed by atoms with E-state index in [1.54, 1.807) is 18.2 Å². The number of amides is 1. The zero-order chi connectivity index (χ0) is 18.7. The van der Waals surface area contributed by atoms with Crippen LogP contribution in [0.25, 0.3) is 0 Å². The molecule has 1 saturated heterocycles. The van der Waals surface area contributed by atoms with E-state index >= 15 is 0 Å². The van der Waals surface area contributed by atoms with Crippen LogP contribution in [0, 0.1) is 0 Å². The minimum absolute atomic E-state index is 0.178. The average Bonchev–Trinajstić information content (AvgIpc) is 3.08. The van der Waals surface area contributed by atoms with Crippen molar-refractivity contribution in [3.05, 3.63) is 69.7 Å². The predicted octanol–water partition coefficient (Wildman–Crippen LogP) is 4.65. The van der Waals surface area contributed by atoms with Gasteiger partial charge in [-0.2, -0.15) is 0 Å². The van der Waals surface area contributed by atoms with Crippen molar-refractivity contribution in [3.63, 3.8) is 0 Å². The Morgan fingerprint density at radius 3 is 2.50 bits per heavy atom. The Labute approximate surface area is 166 Å². The zero-order valence-corrected chi connectivity index (χ0v) is 16.1. The first-order valence-electron chi connectivity index (χ1n) is 8.12. The highest BCUT2D eigenvalue weighted by molar-refractivity contribution is 7.99. The predicted molar refractivity (Wildman–Crippen MR) is 105 cm³/mol. The summed E-state index contributed by atoms with van der Waals surface area (Å²) in [5, 5.41) is 9.96. The van der Waals surface area contributed by atoms with Crippen molar-refractivity contribution in [2.75, 3.05) is 5.75 Å². The lowest BCUT2D eigenvalue weighted by Gasteiger charge is -2.28. The first-order chi connectivity index (χ1) is 12.5. The number of hydrogen-bond acceptors (Lipinski definition) is 3. The number of rotatable bonds is 5. The van der Waals surface area contributed by atoms with E-state index in [0.717, 1.165) is 11.1 Å². The maximum absolute atomic E-state index is 12.9. The molecule has 0 aromatic heterocycles. The fraction of sp³-hybridized carbons (Fsp3) is 0.263. The van der Waals surface area contributed by atoms with Crippen molar-refractivity contribution in [2.24, 2.45) is 0 Å². The lowest BCUT2D eigenvalue weighted by molar-refractivity contribution is -0.149. The summed E-state index contributed by atoms with van der Waals surface area (Å²) in [4.78, 5) is 26.0. The molecule has 26 heavy (non-hydrogen) atoms. The van der Waals surface area contributed by atoms with E-state index < -0.39 is 12.0 Å². The van der Waals surface area contributed by atoms with Crippen LogP contribution in [0.4, 0.5) is 0 Å². The summed E-state index contributed by atoms with van der Waals surface area (Å²) in [6.45, 7) is 0. The molecule has 2 unspecified atom stereocenters. The second-order valence-electron chi connectivity index (χ2n) is 6.00. The Bertz CT molecular complexity index is 816. The quantitative estimate of drug-likeness (QED) is 0.780. The van der Waals surface area contributed by atoms with Gasteiger partial charge in [0, 0.05) is 12.2 Å². The van der Waals surface area contributed by atoms with Gasteiger partial charge in [-0.3, -0.25) is 4.79 Å². The molecule has 7 heteroatoms. The van der Waals surface area contributed by atoms with Crippen LogP contribution in [-0.4, -0.2) is 33.7 Å². The van der Waals surface area contributed by atoms with Crippen LogP contribution in [0.2, 0.25) is 10.0 Å². The van der Waals surface area contributed by atoms with Crippen LogP contribution in [0.15, 0.2) is 48.5 Å². The summed E-state index contributed by atoms with van der Waals surface area (Å²) in [5.41, 5.74) is 1.83. The highest BCUT2D eigenvalue weighted by Crippen LogP contribution is 2.43. The number of benzene rings is 2. The molecule has 1 fully saturated rings. The van der Waals surface area contributed by atoms with Gasteiger partial charge in [-0.15, -0.1) is 11.8 Å². The number of thioether (sulfide) groups is 1. The van der Waals surface area contributed by atoms with Crippen molar-refractivity contribution < 1.29 is 14.7 Å². The van der Waals surface area contributed by atoms with Gasteiger partial charge in [0.15, 0.2) is 0 Å². The second kappa shape index (κ2) is 8.33. The number of carboxylic acid groups (broad SMARTS) is 1. The molecule has 1 N–H and O–H groups in total. The standard InChI is InChI=1S/C19H17Cl2NO3S/c20-14-8-7-13(10-15(14)21)18-22(16(11-26-18)19(24)25)17(23)9-6-12-4-2-1-3-5-12/h1-5,7-8,10,16,18H,6,9,11H2,(H,24,25). The minimum Gasteiger partial charge on any atom is -0.480 e. The van der Waals surface area contributed by atoms with Crippen molar-refractivity contribution in [2.45, 2.75) is 24.3 Å². The van der Waals surface area contributed by atoms with Crippen molar-refractivity contribution in [1.29, 1.82) is 0 Å². The van der Waals surface area contributed by atoms with Crippen LogP contribution >= 0.6 is 35.0 Å². The molecule has 2 aromatic rings. The molecule has 0 bridgehead atoms. The largest absolute Gasteiger partial charge is 0.480 e. The number of nitrogens with zero attached hydrogens (tertiary/aromatic N) is 1. The topological polar surface area (TPSA) is 57.6 Å². The molecule has 4 nitrogen and oxygen atoms in total. The zero-order valence-electron chi connectivity index (χ0n) is 13.8. The number of aryl methyl sites for hydroxylation is 1. The average molecular weight is 410 g/mol. The lowest BCUT2D eigenvalue weighted by Crippen LogP contribution is -2.43. The molecule has 0 saturated carbocycles. The monoisotopic (exact) mass is 409 g/mol. The van der Waals surface area contributed by atoms with Crippen molar-refractivity contribution in [1.82, 2.24) is 4.90 Å². The maximum Gasteiger partial charge on any atom is 0.327 e. The van der Waals surface area contributed by atoms with E-state index in [2.05, 4.69) is 0 Å². The third-order valence-corrected chi connectivity index (χ3v) is 6.33. The smallest absolute Gasteiger partial charge is 0.327 e. The summed E-state index contributed by atoms with van der Waals surface area (Å²) in [5.74, 6) is -0.826.